The Morgan fingerprint density at radius 3 is 2.64 bits per heavy atom. The van der Waals surface area contributed by atoms with Gasteiger partial charge in [0.15, 0.2) is 0 Å². The molecule has 55 valence electrons. The van der Waals surface area contributed by atoms with Crippen molar-refractivity contribution in [2.75, 3.05) is 0 Å². The second kappa shape index (κ2) is 2.66. The first-order valence-electron chi connectivity index (χ1n) is 3.60. The maximum absolute atomic E-state index is 3.15. The molecule has 2 nitrogen and oxygen atoms in total. The minimum atomic E-state index is 0.205. The minimum absolute atomic E-state index is 0.205. The first kappa shape index (κ1) is 6.28. The van der Waals surface area contributed by atoms with Gasteiger partial charge in [0.05, 0.1) is 0 Å². The first-order valence-corrected chi connectivity index (χ1v) is 3.60. The molecule has 1 heterocycles. The van der Waals surface area contributed by atoms with Crippen LogP contribution < -0.4 is 10.6 Å². The first-order chi connectivity index (χ1) is 5.47. The van der Waals surface area contributed by atoms with Crippen LogP contribution in [0.1, 0.15) is 11.7 Å². The van der Waals surface area contributed by atoms with Crippen molar-refractivity contribution < 1.29 is 0 Å². The van der Waals surface area contributed by atoms with Crippen molar-refractivity contribution >= 4 is 0 Å². The lowest BCUT2D eigenvalue weighted by Gasteiger charge is -2.10. The molecule has 0 amide bonds. The fourth-order valence-electron chi connectivity index (χ4n) is 1.10. The third-order valence-electron chi connectivity index (χ3n) is 1.65. The van der Waals surface area contributed by atoms with Gasteiger partial charge in [-0.25, -0.2) is 0 Å². The van der Waals surface area contributed by atoms with Crippen LogP contribution in [0.5, 0.6) is 0 Å². The molecule has 0 aromatic heterocycles. The lowest BCUT2D eigenvalue weighted by Crippen LogP contribution is -2.20. The third-order valence-corrected chi connectivity index (χ3v) is 1.65. The summed E-state index contributed by atoms with van der Waals surface area (Å²) in [5.41, 5.74) is 1.14. The van der Waals surface area contributed by atoms with Crippen LogP contribution in [0.4, 0.5) is 0 Å². The van der Waals surface area contributed by atoms with Crippen LogP contribution >= 0.6 is 0 Å². The zero-order valence-corrected chi connectivity index (χ0v) is 6.04. The summed E-state index contributed by atoms with van der Waals surface area (Å²) in [6, 6.07) is 11.1. The summed E-state index contributed by atoms with van der Waals surface area (Å²) >= 11 is 0. The molecule has 0 atom stereocenters. The van der Waals surface area contributed by atoms with Crippen molar-refractivity contribution in [3.8, 4) is 0 Å². The topological polar surface area (TPSA) is 24.1 Å². The average molecular weight is 145 g/mol. The van der Waals surface area contributed by atoms with Crippen LogP contribution in [0.3, 0.4) is 0 Å². The quantitative estimate of drug-likeness (QED) is 0.619. The highest BCUT2D eigenvalue weighted by atomic mass is 15.1. The Bertz CT molecular complexity index is 246. The molecule has 0 spiro atoms. The van der Waals surface area contributed by atoms with Gasteiger partial charge in [-0.05, 0) is 6.07 Å². The highest BCUT2D eigenvalue weighted by Gasteiger charge is 2.08. The molecule has 0 fully saturated rings. The van der Waals surface area contributed by atoms with E-state index in [9.17, 15) is 0 Å². The Morgan fingerprint density at radius 2 is 2.00 bits per heavy atom. The van der Waals surface area contributed by atoms with Gasteiger partial charge in [0.25, 0.3) is 0 Å². The van der Waals surface area contributed by atoms with Crippen molar-refractivity contribution in [2.24, 2.45) is 0 Å². The molecule has 2 rings (SSSR count). The Morgan fingerprint density at radius 1 is 1.18 bits per heavy atom. The molecule has 1 aliphatic rings. The minimum Gasteiger partial charge on any atom is -0.366 e. The molecule has 1 radical (unpaired) electrons. The molecule has 2 N–H and O–H groups in total. The normalized spacial score (nSPS) is 16.0. The summed E-state index contributed by atoms with van der Waals surface area (Å²) in [5, 5.41) is 6.30. The van der Waals surface area contributed by atoms with E-state index < -0.39 is 0 Å². The SMILES string of the molecule is [c]1ccccc1C1NC=CN1. The van der Waals surface area contributed by atoms with E-state index in [1.807, 2.05) is 36.7 Å². The van der Waals surface area contributed by atoms with E-state index in [0.29, 0.717) is 0 Å². The average Bonchev–Trinajstić information content (AvgIpc) is 2.58. The maximum Gasteiger partial charge on any atom is 0.123 e. The highest BCUT2D eigenvalue weighted by Crippen LogP contribution is 2.10. The Kier molecular flexibility index (Phi) is 1.52. The van der Waals surface area contributed by atoms with Crippen molar-refractivity contribution in [3.63, 3.8) is 0 Å². The van der Waals surface area contributed by atoms with E-state index in [1.54, 1.807) is 0 Å². The van der Waals surface area contributed by atoms with Gasteiger partial charge in [-0.15, -0.1) is 0 Å². The van der Waals surface area contributed by atoms with Gasteiger partial charge in [-0.2, -0.15) is 0 Å². The van der Waals surface area contributed by atoms with Gasteiger partial charge in [0, 0.05) is 18.0 Å². The van der Waals surface area contributed by atoms with Crippen LogP contribution in [0.25, 0.3) is 0 Å². The van der Waals surface area contributed by atoms with Gasteiger partial charge >= 0.3 is 0 Å². The smallest absolute Gasteiger partial charge is 0.123 e. The van der Waals surface area contributed by atoms with Gasteiger partial charge < -0.3 is 10.6 Å². The summed E-state index contributed by atoms with van der Waals surface area (Å²) < 4.78 is 0. The maximum atomic E-state index is 3.15. The van der Waals surface area contributed by atoms with Crippen molar-refractivity contribution in [1.29, 1.82) is 0 Å². The molecule has 1 aliphatic heterocycles. The lowest BCUT2D eigenvalue weighted by molar-refractivity contribution is 0.607. The molecular weight excluding hydrogens is 136 g/mol. The number of nitrogens with one attached hydrogen (secondary N) is 2. The molecular formula is C9H9N2. The molecule has 0 aliphatic carbocycles. The standard InChI is InChI=1S/C9H9N2/c1-2-4-8(5-3-1)9-10-6-7-11-9/h1-4,6-7,9-11H. The molecule has 1 aromatic rings. The van der Waals surface area contributed by atoms with Crippen LogP contribution in [-0.4, -0.2) is 0 Å². The fraction of sp³-hybridized carbons (Fsp3) is 0.111. The van der Waals surface area contributed by atoms with Crippen LogP contribution in [-0.2, 0) is 0 Å². The van der Waals surface area contributed by atoms with Crippen molar-refractivity contribution in [2.45, 2.75) is 6.17 Å². The van der Waals surface area contributed by atoms with Gasteiger partial charge in [-0.3, -0.25) is 0 Å². The third kappa shape index (κ3) is 1.19. The molecule has 0 unspecified atom stereocenters. The molecule has 1 aromatic carbocycles. The zero-order chi connectivity index (χ0) is 7.52. The summed E-state index contributed by atoms with van der Waals surface area (Å²) in [6.45, 7) is 0. The van der Waals surface area contributed by atoms with Crippen LogP contribution in [0, 0.1) is 6.07 Å². The van der Waals surface area contributed by atoms with Crippen LogP contribution in [0.2, 0.25) is 0 Å². The lowest BCUT2D eigenvalue weighted by atomic mass is 10.2. The largest absolute Gasteiger partial charge is 0.366 e. The predicted octanol–water partition coefficient (Wildman–Crippen LogP) is 1.15. The fourth-order valence-corrected chi connectivity index (χ4v) is 1.10. The monoisotopic (exact) mass is 145 g/mol. The summed E-state index contributed by atoms with van der Waals surface area (Å²) in [6.07, 6.45) is 3.99. The molecule has 11 heavy (non-hydrogen) atoms. The van der Waals surface area contributed by atoms with Crippen molar-refractivity contribution in [1.82, 2.24) is 10.6 Å². The summed E-state index contributed by atoms with van der Waals surface area (Å²) in [7, 11) is 0. The van der Waals surface area contributed by atoms with Gasteiger partial charge in [0.1, 0.15) is 6.17 Å². The van der Waals surface area contributed by atoms with E-state index in [4.69, 9.17) is 0 Å². The van der Waals surface area contributed by atoms with E-state index in [-0.39, 0.29) is 6.17 Å². The summed E-state index contributed by atoms with van der Waals surface area (Å²) in [4.78, 5) is 0. The van der Waals surface area contributed by atoms with E-state index in [0.717, 1.165) is 5.56 Å². The van der Waals surface area contributed by atoms with E-state index in [2.05, 4.69) is 16.7 Å². The zero-order valence-electron chi connectivity index (χ0n) is 6.04. The van der Waals surface area contributed by atoms with E-state index in [1.165, 1.54) is 0 Å². The Hall–Kier alpha value is -1.44. The van der Waals surface area contributed by atoms with Crippen LogP contribution in [0.15, 0.2) is 36.7 Å². The van der Waals surface area contributed by atoms with E-state index >= 15 is 0 Å². The molecule has 0 saturated carbocycles. The highest BCUT2D eigenvalue weighted by molar-refractivity contribution is 5.19. The second-order valence-electron chi connectivity index (χ2n) is 2.42. The Labute approximate surface area is 65.9 Å². The number of rotatable bonds is 1. The second-order valence-corrected chi connectivity index (χ2v) is 2.42. The Balaban J connectivity index is 2.17. The van der Waals surface area contributed by atoms with Gasteiger partial charge in [-0.1, -0.05) is 24.3 Å². The summed E-state index contributed by atoms with van der Waals surface area (Å²) in [5.74, 6) is 0. The molecule has 0 bridgehead atoms. The van der Waals surface area contributed by atoms with Crippen molar-refractivity contribution in [3.05, 3.63) is 48.3 Å². The predicted molar refractivity (Wildman–Crippen MR) is 43.4 cm³/mol. The molecule has 0 saturated heterocycles. The van der Waals surface area contributed by atoms with Gasteiger partial charge in [0.2, 0.25) is 0 Å². The number of hydrogen-bond acceptors (Lipinski definition) is 2. The molecule has 2 heteroatoms. The number of benzene rings is 1. The number of hydrogen-bond donors (Lipinski definition) is 2.